The number of nitriles is 1. The van der Waals surface area contributed by atoms with E-state index >= 15 is 0 Å². The summed E-state index contributed by atoms with van der Waals surface area (Å²) in [6.45, 7) is 5.50. The second-order valence-electron chi connectivity index (χ2n) is 5.67. The molecule has 0 radical (unpaired) electrons. The molecule has 0 aromatic carbocycles. The van der Waals surface area contributed by atoms with E-state index < -0.39 is 13.2 Å². The molecule has 27 heavy (non-hydrogen) atoms. The number of H-pyrrole nitrogens is 1. The standard InChI is InChI=1S/C15H24N7O4P/c1-3-25-27(24,26-4-2)10-9-21(6-5-16)7-8-22-11-18-12-13(22)19-15(17)20-14(12)23/h11H,3-4,6-10H2,1-2H3,(H3,17,19,20,23). The Balaban J connectivity index is 2.05. The Morgan fingerprint density at radius 2 is 2.07 bits per heavy atom. The lowest BCUT2D eigenvalue weighted by atomic mass is 10.4. The highest BCUT2D eigenvalue weighted by Gasteiger charge is 2.24. The summed E-state index contributed by atoms with van der Waals surface area (Å²) in [6.07, 6.45) is 1.69. The molecule has 0 spiro atoms. The zero-order valence-electron chi connectivity index (χ0n) is 15.4. The van der Waals surface area contributed by atoms with Crippen LogP contribution in [0.25, 0.3) is 11.2 Å². The molecule has 0 saturated heterocycles. The molecule has 12 heteroatoms. The predicted octanol–water partition coefficient (Wildman–Crippen LogP) is 0.793. The highest BCUT2D eigenvalue weighted by atomic mass is 31.2. The zero-order valence-corrected chi connectivity index (χ0v) is 16.3. The van der Waals surface area contributed by atoms with E-state index in [0.29, 0.717) is 25.3 Å². The zero-order chi connectivity index (χ0) is 19.9. The summed E-state index contributed by atoms with van der Waals surface area (Å²) in [5, 5.41) is 9.06. The van der Waals surface area contributed by atoms with Gasteiger partial charge in [0.15, 0.2) is 11.2 Å². The molecule has 2 aromatic rings. The Hall–Kier alpha value is -2.25. The molecule has 2 heterocycles. The van der Waals surface area contributed by atoms with Crippen LogP contribution in [0.15, 0.2) is 11.1 Å². The molecular weight excluding hydrogens is 373 g/mol. The number of hydrogen-bond donors (Lipinski definition) is 2. The maximum Gasteiger partial charge on any atom is 0.331 e. The van der Waals surface area contributed by atoms with Gasteiger partial charge >= 0.3 is 7.60 Å². The topological polar surface area (TPSA) is 152 Å². The number of imidazole rings is 1. The van der Waals surface area contributed by atoms with E-state index in [1.807, 2.05) is 4.90 Å². The van der Waals surface area contributed by atoms with E-state index in [0.717, 1.165) is 0 Å². The summed E-state index contributed by atoms with van der Waals surface area (Å²) >= 11 is 0. The largest absolute Gasteiger partial charge is 0.369 e. The van der Waals surface area contributed by atoms with Gasteiger partial charge in [-0.2, -0.15) is 10.2 Å². The number of rotatable bonds is 11. The average Bonchev–Trinajstić information content (AvgIpc) is 3.01. The number of aromatic nitrogens is 4. The van der Waals surface area contributed by atoms with Crippen molar-refractivity contribution in [2.75, 3.05) is 44.7 Å². The second kappa shape index (κ2) is 9.62. The van der Waals surface area contributed by atoms with Crippen LogP contribution in [0.3, 0.4) is 0 Å². The van der Waals surface area contributed by atoms with Gasteiger partial charge in [0.25, 0.3) is 5.56 Å². The first-order valence-corrected chi connectivity index (χ1v) is 10.3. The summed E-state index contributed by atoms with van der Waals surface area (Å²) in [5.41, 5.74) is 5.76. The molecular formula is C15H24N7O4P. The Kier molecular flexibility index (Phi) is 7.50. The lowest BCUT2D eigenvalue weighted by Gasteiger charge is -2.23. The maximum absolute atomic E-state index is 12.6. The lowest BCUT2D eigenvalue weighted by Crippen LogP contribution is -2.31. The van der Waals surface area contributed by atoms with Gasteiger partial charge in [0.2, 0.25) is 5.95 Å². The first-order valence-electron chi connectivity index (χ1n) is 8.60. The van der Waals surface area contributed by atoms with Gasteiger partial charge in [0.1, 0.15) is 0 Å². The minimum absolute atomic E-state index is 0.0116. The van der Waals surface area contributed by atoms with Crippen molar-refractivity contribution < 1.29 is 13.6 Å². The van der Waals surface area contributed by atoms with Crippen molar-refractivity contribution in [2.45, 2.75) is 20.4 Å². The van der Waals surface area contributed by atoms with Gasteiger partial charge in [-0.25, -0.2) is 4.98 Å². The van der Waals surface area contributed by atoms with Crippen LogP contribution in [-0.2, 0) is 20.2 Å². The van der Waals surface area contributed by atoms with Crippen LogP contribution in [0.1, 0.15) is 13.8 Å². The van der Waals surface area contributed by atoms with Crippen LogP contribution >= 0.6 is 7.60 Å². The molecule has 0 bridgehead atoms. The molecule has 3 N–H and O–H groups in total. The molecule has 0 amide bonds. The first-order chi connectivity index (χ1) is 12.9. The normalized spacial score (nSPS) is 11.9. The van der Waals surface area contributed by atoms with Crippen LogP contribution in [-0.4, -0.2) is 63.4 Å². The average molecular weight is 397 g/mol. The second-order valence-corrected chi connectivity index (χ2v) is 7.85. The van der Waals surface area contributed by atoms with Gasteiger partial charge < -0.3 is 19.3 Å². The van der Waals surface area contributed by atoms with Crippen LogP contribution in [0, 0.1) is 11.3 Å². The molecule has 2 rings (SSSR count). The number of fused-ring (bicyclic) bond motifs is 1. The SMILES string of the molecule is CCOP(=O)(CCN(CC#N)CCn1cnc2c(=O)[nH]c(N)nc21)OCC. The number of aromatic amines is 1. The molecule has 11 nitrogen and oxygen atoms in total. The number of nitrogens with two attached hydrogens (primary N) is 1. The molecule has 0 unspecified atom stereocenters. The van der Waals surface area contributed by atoms with Gasteiger partial charge in [-0.1, -0.05) is 0 Å². The minimum atomic E-state index is -3.18. The van der Waals surface area contributed by atoms with Gasteiger partial charge in [-0.15, -0.1) is 0 Å². The van der Waals surface area contributed by atoms with Crippen molar-refractivity contribution >= 4 is 24.7 Å². The van der Waals surface area contributed by atoms with E-state index in [2.05, 4.69) is 21.0 Å². The fourth-order valence-electron chi connectivity index (χ4n) is 2.58. The summed E-state index contributed by atoms with van der Waals surface area (Å²) < 4.78 is 24.8. The molecule has 148 valence electrons. The fourth-order valence-corrected chi connectivity index (χ4v) is 4.22. The first kappa shape index (κ1) is 21.1. The highest BCUT2D eigenvalue weighted by molar-refractivity contribution is 7.53. The summed E-state index contributed by atoms with van der Waals surface area (Å²) in [7, 11) is -3.18. The number of hydrogen-bond acceptors (Lipinski definition) is 9. The summed E-state index contributed by atoms with van der Waals surface area (Å²) in [5.74, 6) is 0.0116. The molecule has 0 fully saturated rings. The summed E-state index contributed by atoms with van der Waals surface area (Å²) in [6, 6.07) is 2.09. The Morgan fingerprint density at radius 1 is 1.37 bits per heavy atom. The Bertz CT molecular complexity index is 894. The van der Waals surface area contributed by atoms with Gasteiger partial charge in [-0.3, -0.25) is 19.2 Å². The van der Waals surface area contributed by atoms with Crippen molar-refractivity contribution in [1.82, 2.24) is 24.4 Å². The number of nitrogen functional groups attached to an aromatic ring is 1. The summed E-state index contributed by atoms with van der Waals surface area (Å²) in [4.78, 5) is 24.2. The minimum Gasteiger partial charge on any atom is -0.369 e. The van der Waals surface area contributed by atoms with Crippen molar-refractivity contribution in [1.29, 1.82) is 5.26 Å². The van der Waals surface area contributed by atoms with Crippen LogP contribution < -0.4 is 11.3 Å². The molecule has 2 aromatic heterocycles. The van der Waals surface area contributed by atoms with Crippen molar-refractivity contribution in [3.63, 3.8) is 0 Å². The molecule has 0 atom stereocenters. The van der Waals surface area contributed by atoms with Gasteiger partial charge in [0.05, 0.1) is 38.3 Å². The van der Waals surface area contributed by atoms with Crippen LogP contribution in [0.4, 0.5) is 5.95 Å². The van der Waals surface area contributed by atoms with E-state index in [-0.39, 0.29) is 37.4 Å². The smallest absolute Gasteiger partial charge is 0.331 e. The van der Waals surface area contributed by atoms with E-state index in [9.17, 15) is 9.36 Å². The molecule has 0 saturated carbocycles. The van der Waals surface area contributed by atoms with Crippen LogP contribution in [0.5, 0.6) is 0 Å². The highest BCUT2D eigenvalue weighted by Crippen LogP contribution is 2.47. The third kappa shape index (κ3) is 5.61. The number of nitrogens with one attached hydrogen (secondary N) is 1. The predicted molar refractivity (Wildman–Crippen MR) is 100 cm³/mol. The third-order valence-corrected chi connectivity index (χ3v) is 5.84. The van der Waals surface area contributed by atoms with Gasteiger partial charge in [-0.05, 0) is 13.8 Å². The Labute approximate surface area is 156 Å². The van der Waals surface area contributed by atoms with Crippen molar-refractivity contribution in [3.8, 4) is 6.07 Å². The van der Waals surface area contributed by atoms with Crippen molar-refractivity contribution in [2.24, 2.45) is 0 Å². The van der Waals surface area contributed by atoms with E-state index in [4.69, 9.17) is 20.0 Å². The fraction of sp³-hybridized carbons (Fsp3) is 0.600. The monoisotopic (exact) mass is 397 g/mol. The number of nitrogens with zero attached hydrogens (tertiary/aromatic N) is 5. The van der Waals surface area contributed by atoms with E-state index in [1.54, 1.807) is 18.4 Å². The molecule has 0 aliphatic heterocycles. The van der Waals surface area contributed by atoms with Gasteiger partial charge in [0, 0.05) is 19.6 Å². The van der Waals surface area contributed by atoms with Crippen molar-refractivity contribution in [3.05, 3.63) is 16.7 Å². The van der Waals surface area contributed by atoms with Crippen LogP contribution in [0.2, 0.25) is 0 Å². The molecule has 0 aliphatic carbocycles. The quantitative estimate of drug-likeness (QED) is 0.414. The molecule has 0 aliphatic rings. The third-order valence-electron chi connectivity index (χ3n) is 3.79. The number of anilines is 1. The lowest BCUT2D eigenvalue weighted by molar-refractivity contribution is 0.213. The van der Waals surface area contributed by atoms with E-state index in [1.165, 1.54) is 6.33 Å². The Morgan fingerprint density at radius 3 is 2.70 bits per heavy atom. The maximum atomic E-state index is 12.6.